The summed E-state index contributed by atoms with van der Waals surface area (Å²) in [6.45, 7) is 2.30. The Morgan fingerprint density at radius 1 is 1.29 bits per heavy atom. The minimum Gasteiger partial charge on any atom is -0.384 e. The van der Waals surface area contributed by atoms with Gasteiger partial charge in [0.25, 0.3) is 5.91 Å². The zero-order valence-electron chi connectivity index (χ0n) is 11.8. The number of rotatable bonds is 4. The minimum atomic E-state index is -0.171. The third-order valence-electron chi connectivity index (χ3n) is 3.09. The van der Waals surface area contributed by atoms with Crippen LogP contribution in [-0.2, 0) is 13.0 Å². The van der Waals surface area contributed by atoms with Crippen molar-refractivity contribution < 1.29 is 9.90 Å². The Kier molecular flexibility index (Phi) is 5.56. The van der Waals surface area contributed by atoms with Crippen LogP contribution in [0.25, 0.3) is 0 Å². The molecular weight excluding hydrogens is 282 g/mol. The molecule has 0 aliphatic heterocycles. The predicted octanol–water partition coefficient (Wildman–Crippen LogP) is 2.58. The molecule has 0 bridgehead atoms. The molecule has 0 aliphatic carbocycles. The third kappa shape index (κ3) is 3.94. The molecule has 1 amide bonds. The van der Waals surface area contributed by atoms with Crippen LogP contribution in [0, 0.1) is 11.8 Å². The number of nitrogens with one attached hydrogen (secondary N) is 1. The minimum absolute atomic E-state index is 0.0493. The lowest BCUT2D eigenvalue weighted by Crippen LogP contribution is -2.23. The first-order valence-corrected chi connectivity index (χ1v) is 7.66. The van der Waals surface area contributed by atoms with E-state index in [1.165, 1.54) is 11.3 Å². The maximum absolute atomic E-state index is 12.2. The van der Waals surface area contributed by atoms with Crippen LogP contribution in [0.15, 0.2) is 35.7 Å². The number of carbonyl (C=O) groups excluding carboxylic acids is 1. The van der Waals surface area contributed by atoms with Crippen LogP contribution in [-0.4, -0.2) is 17.6 Å². The van der Waals surface area contributed by atoms with Gasteiger partial charge in [-0.25, -0.2) is 0 Å². The SMILES string of the molecule is CCc1ccsc1C(=O)NCc1ccccc1C#CCO. The van der Waals surface area contributed by atoms with E-state index >= 15 is 0 Å². The van der Waals surface area contributed by atoms with Crippen LogP contribution in [0.3, 0.4) is 0 Å². The Balaban J connectivity index is 2.08. The third-order valence-corrected chi connectivity index (χ3v) is 4.05. The van der Waals surface area contributed by atoms with Crippen LogP contribution < -0.4 is 5.32 Å². The number of benzene rings is 1. The number of amides is 1. The van der Waals surface area contributed by atoms with Crippen molar-refractivity contribution in [2.24, 2.45) is 0 Å². The zero-order chi connectivity index (χ0) is 15.1. The lowest BCUT2D eigenvalue weighted by molar-refractivity contribution is 0.0954. The highest BCUT2D eigenvalue weighted by Crippen LogP contribution is 2.17. The Hall–Kier alpha value is -2.09. The summed E-state index contributed by atoms with van der Waals surface area (Å²) in [7, 11) is 0. The van der Waals surface area contributed by atoms with Crippen molar-refractivity contribution in [2.75, 3.05) is 6.61 Å². The van der Waals surface area contributed by atoms with Crippen molar-refractivity contribution in [1.29, 1.82) is 0 Å². The quantitative estimate of drug-likeness (QED) is 0.853. The highest BCUT2D eigenvalue weighted by Gasteiger charge is 2.11. The second kappa shape index (κ2) is 7.63. The Bertz CT molecular complexity index is 679. The topological polar surface area (TPSA) is 49.3 Å². The fourth-order valence-corrected chi connectivity index (χ4v) is 2.91. The van der Waals surface area contributed by atoms with Gasteiger partial charge >= 0.3 is 0 Å². The van der Waals surface area contributed by atoms with Crippen molar-refractivity contribution in [2.45, 2.75) is 19.9 Å². The lowest BCUT2D eigenvalue weighted by atomic mass is 10.1. The van der Waals surface area contributed by atoms with Gasteiger partial charge in [-0.2, -0.15) is 0 Å². The summed E-state index contributed by atoms with van der Waals surface area (Å²) in [4.78, 5) is 13.0. The van der Waals surface area contributed by atoms with Crippen molar-refractivity contribution in [3.05, 3.63) is 57.3 Å². The van der Waals surface area contributed by atoms with Gasteiger partial charge < -0.3 is 10.4 Å². The van der Waals surface area contributed by atoms with E-state index < -0.39 is 0 Å². The van der Waals surface area contributed by atoms with Crippen LogP contribution in [0.4, 0.5) is 0 Å². The summed E-state index contributed by atoms with van der Waals surface area (Å²) >= 11 is 1.46. The van der Waals surface area contributed by atoms with Crippen molar-refractivity contribution in [1.82, 2.24) is 5.32 Å². The van der Waals surface area contributed by atoms with Crippen LogP contribution >= 0.6 is 11.3 Å². The predicted molar refractivity (Wildman–Crippen MR) is 85.3 cm³/mol. The van der Waals surface area contributed by atoms with Gasteiger partial charge in [0.05, 0.1) is 4.88 Å². The van der Waals surface area contributed by atoms with Crippen molar-refractivity contribution in [3.8, 4) is 11.8 Å². The average molecular weight is 299 g/mol. The largest absolute Gasteiger partial charge is 0.384 e. The first-order valence-electron chi connectivity index (χ1n) is 6.78. The first kappa shape index (κ1) is 15.3. The van der Waals surface area contributed by atoms with Gasteiger partial charge in [-0.1, -0.05) is 37.0 Å². The van der Waals surface area contributed by atoms with Crippen molar-refractivity contribution in [3.63, 3.8) is 0 Å². The Morgan fingerprint density at radius 3 is 2.86 bits per heavy atom. The summed E-state index contributed by atoms with van der Waals surface area (Å²) in [5.41, 5.74) is 2.85. The molecule has 108 valence electrons. The number of hydrogen-bond acceptors (Lipinski definition) is 3. The van der Waals surface area contributed by atoms with Gasteiger partial charge in [0.15, 0.2) is 0 Å². The maximum atomic E-state index is 12.2. The molecule has 4 heteroatoms. The molecule has 0 radical (unpaired) electrons. The normalized spacial score (nSPS) is 9.81. The second-order valence-electron chi connectivity index (χ2n) is 4.43. The molecule has 21 heavy (non-hydrogen) atoms. The molecular formula is C17H17NO2S. The summed E-state index contributed by atoms with van der Waals surface area (Å²) < 4.78 is 0. The lowest BCUT2D eigenvalue weighted by Gasteiger charge is -2.07. The fraction of sp³-hybridized carbons (Fsp3) is 0.235. The van der Waals surface area contributed by atoms with E-state index in [0.29, 0.717) is 6.54 Å². The molecule has 1 heterocycles. The molecule has 2 N–H and O–H groups in total. The zero-order valence-corrected chi connectivity index (χ0v) is 12.7. The molecule has 0 fully saturated rings. The number of aliphatic hydroxyl groups excluding tert-OH is 1. The van der Waals surface area contributed by atoms with Crippen LogP contribution in [0.5, 0.6) is 0 Å². The molecule has 2 rings (SSSR count). The highest BCUT2D eigenvalue weighted by molar-refractivity contribution is 7.12. The Morgan fingerprint density at radius 2 is 2.10 bits per heavy atom. The van der Waals surface area contributed by atoms with E-state index in [-0.39, 0.29) is 12.5 Å². The summed E-state index contributed by atoms with van der Waals surface area (Å²) in [5.74, 6) is 5.48. The van der Waals surface area contributed by atoms with E-state index in [1.807, 2.05) is 42.6 Å². The first-order chi connectivity index (χ1) is 10.3. The maximum Gasteiger partial charge on any atom is 0.261 e. The molecule has 2 aromatic rings. The van der Waals surface area contributed by atoms with Crippen LogP contribution in [0.1, 0.15) is 33.3 Å². The molecule has 1 aromatic heterocycles. The van der Waals surface area contributed by atoms with Crippen molar-refractivity contribution >= 4 is 17.2 Å². The summed E-state index contributed by atoms with van der Waals surface area (Å²) in [6.07, 6.45) is 0.852. The molecule has 0 unspecified atom stereocenters. The number of carbonyl (C=O) groups is 1. The molecule has 0 atom stereocenters. The van der Waals surface area contributed by atoms with Gasteiger partial charge in [0.2, 0.25) is 0 Å². The number of aliphatic hydroxyl groups is 1. The molecule has 1 aromatic carbocycles. The molecule has 0 spiro atoms. The smallest absolute Gasteiger partial charge is 0.261 e. The monoisotopic (exact) mass is 299 g/mol. The summed E-state index contributed by atoms with van der Waals surface area (Å²) in [5, 5.41) is 13.7. The average Bonchev–Trinajstić information content (AvgIpc) is 3.00. The van der Waals surface area contributed by atoms with Gasteiger partial charge in [-0.15, -0.1) is 11.3 Å². The Labute approximate surface area is 128 Å². The molecule has 0 saturated carbocycles. The van der Waals surface area contributed by atoms with Gasteiger partial charge in [0, 0.05) is 12.1 Å². The molecule has 3 nitrogen and oxygen atoms in total. The number of hydrogen-bond donors (Lipinski definition) is 2. The van der Waals surface area contributed by atoms with Gasteiger partial charge in [-0.3, -0.25) is 4.79 Å². The van der Waals surface area contributed by atoms with E-state index in [1.54, 1.807) is 0 Å². The standard InChI is InChI=1S/C17H17NO2S/c1-2-13-9-11-21-16(13)17(20)18-12-15-7-4-3-6-14(15)8-5-10-19/h3-4,6-7,9,11,19H,2,10,12H2,1H3,(H,18,20). The number of thiophene rings is 1. The van der Waals surface area contributed by atoms with Gasteiger partial charge in [0.1, 0.15) is 6.61 Å². The highest BCUT2D eigenvalue weighted by atomic mass is 32.1. The molecule has 0 saturated heterocycles. The fourth-order valence-electron chi connectivity index (χ4n) is 2.00. The summed E-state index contributed by atoms with van der Waals surface area (Å²) in [6, 6.07) is 9.60. The van der Waals surface area contributed by atoms with E-state index in [2.05, 4.69) is 17.2 Å². The van der Waals surface area contributed by atoms with E-state index in [0.717, 1.165) is 28.0 Å². The van der Waals surface area contributed by atoms with E-state index in [4.69, 9.17) is 5.11 Å². The van der Waals surface area contributed by atoms with E-state index in [9.17, 15) is 4.79 Å². The van der Waals surface area contributed by atoms with Gasteiger partial charge in [-0.05, 0) is 35.1 Å². The number of aryl methyl sites for hydroxylation is 1. The second-order valence-corrected chi connectivity index (χ2v) is 5.34. The molecule has 0 aliphatic rings. The van der Waals surface area contributed by atoms with Crippen LogP contribution in [0.2, 0.25) is 0 Å².